The second-order valence-corrected chi connectivity index (χ2v) is 38.5. The number of hydrogen-bond donors (Lipinski definition) is 6. The van der Waals surface area contributed by atoms with Crippen molar-refractivity contribution in [2.45, 2.75) is 221 Å². The zero-order chi connectivity index (χ0) is 106. The normalized spacial score (nSPS) is 14.9. The molecule has 0 saturated carbocycles. The first-order valence-corrected chi connectivity index (χ1v) is 49.5. The molecule has 147 heavy (non-hydrogen) atoms. The van der Waals surface area contributed by atoms with Gasteiger partial charge in [-0.2, -0.15) is 0 Å². The van der Waals surface area contributed by atoms with Crippen molar-refractivity contribution in [1.29, 1.82) is 0 Å². The van der Waals surface area contributed by atoms with Crippen molar-refractivity contribution < 1.29 is 81.1 Å². The van der Waals surface area contributed by atoms with Crippen molar-refractivity contribution in [3.63, 3.8) is 0 Å². The van der Waals surface area contributed by atoms with Crippen molar-refractivity contribution in [2.75, 3.05) is 26.6 Å². The molecule has 768 valence electrons. The minimum atomic E-state index is -0.724. The molecular formula is C123H139N7O17. The van der Waals surface area contributed by atoms with Gasteiger partial charge in [0.2, 0.25) is 5.91 Å². The fourth-order valence-electron chi connectivity index (χ4n) is 16.4. The number of ether oxygens (including phenoxy) is 7. The van der Waals surface area contributed by atoms with Crippen LogP contribution in [0.25, 0.3) is 0 Å². The first kappa shape index (κ1) is 114. The van der Waals surface area contributed by atoms with Crippen molar-refractivity contribution in [2.24, 2.45) is 16.2 Å². The molecule has 6 N–H and O–H groups in total. The molecule has 7 aromatic carbocycles. The number of nitrogens with one attached hydrogen (secondary N) is 6. The summed E-state index contributed by atoms with van der Waals surface area (Å²) in [5.74, 6) is -1.48. The fraction of sp³-hybridized carbons (Fsp3) is 0.293. The molecule has 1 aromatic heterocycles. The number of aromatic nitrogens is 1. The topological polar surface area (TPSA) is 320 Å². The van der Waals surface area contributed by atoms with Crippen LogP contribution in [0.15, 0.2) is 371 Å². The number of pyridine rings is 1. The second-order valence-electron chi connectivity index (χ2n) is 38.5. The Morgan fingerprint density at radius 3 is 1.03 bits per heavy atom. The van der Waals surface area contributed by atoms with E-state index in [1.165, 1.54) is 104 Å². The molecule has 0 atom stereocenters. The van der Waals surface area contributed by atoms with E-state index in [1.54, 1.807) is 188 Å². The molecule has 8 aromatic rings. The summed E-state index contributed by atoms with van der Waals surface area (Å²) in [6.07, 6.45) is 48.3. The van der Waals surface area contributed by atoms with Gasteiger partial charge in [-0.1, -0.05) is 252 Å². The lowest BCUT2D eigenvalue weighted by molar-refractivity contribution is -0.145. The van der Waals surface area contributed by atoms with E-state index in [-0.39, 0.29) is 61.1 Å². The Bertz CT molecular complexity index is 6450. The zero-order valence-electron chi connectivity index (χ0n) is 87.6. The van der Waals surface area contributed by atoms with E-state index in [9.17, 15) is 47.9 Å². The number of benzene rings is 7. The van der Waals surface area contributed by atoms with Crippen LogP contribution < -0.4 is 46.1 Å². The molecule has 3 aliphatic rings. The van der Waals surface area contributed by atoms with Gasteiger partial charge < -0.3 is 54.4 Å². The quantitative estimate of drug-likeness (QED) is 0.00693. The largest absolute Gasteiger partial charge is 0.461 e. The monoisotopic (exact) mass is 1990 g/mol. The van der Waals surface area contributed by atoms with Crippen molar-refractivity contribution in [3.05, 3.63) is 410 Å². The predicted molar refractivity (Wildman–Crippen MR) is 584 cm³/mol. The summed E-state index contributed by atoms with van der Waals surface area (Å²) in [6.45, 7) is 36.1. The molecular weight excluding hydrogens is 1850 g/mol. The summed E-state index contributed by atoms with van der Waals surface area (Å²) in [5, 5.41) is 16.3. The van der Waals surface area contributed by atoms with Gasteiger partial charge in [-0.3, -0.25) is 34.8 Å². The number of esters is 4. The van der Waals surface area contributed by atoms with E-state index in [2.05, 4.69) is 156 Å². The van der Waals surface area contributed by atoms with E-state index in [0.29, 0.717) is 74.4 Å². The number of nitrogens with zero attached hydrogens (tertiary/aromatic N) is 1. The van der Waals surface area contributed by atoms with Crippen LogP contribution in [-0.4, -0.2) is 64.9 Å². The van der Waals surface area contributed by atoms with Crippen LogP contribution in [-0.2, 0) is 75.9 Å². The number of anilines is 5. The Balaban J connectivity index is 0.000000254. The Hall–Kier alpha value is -16.1. The molecule has 0 spiro atoms. The number of alkyl carbamates (subject to hydrolysis) is 1. The average Bonchev–Trinajstić information content (AvgIpc) is 0.815. The standard InChI is InChI=1S/C49H52N4O7.C43H47N3O6.C31H40O4/c1-34(17-26-42-36(3)13-9-27-49(42,4)5)11-8-12-35(2)29-45(54)60-41-24-20-38(21-25-41)32-59-48(57)53-44-16-7-6-15-43(44)52-46(55)40-22-18-37(19-23-40)31-51-47(56)58-33-39-14-10-28-50-30-39;1-29(16-25-37-31(3)13-10-26-43(37,5)6)11-9-12-30(2)27-40(48)52-36-23-17-33(18-24-36)28-51-42(50)46-39-15-8-7-14-38(39)45-41(49)34-19-21-35(22-20-34)44-32(4)47;1-7-10-29(32)34-22-26-15-17-27(18-16-26)35-30(33)21-24(3)12-8-11-23(2)14-19-28-25(4)13-9-20-31(28,5)6/h6-8,10-12,14-26,28-30H,9,13,27,31-33H2,1-5H3,(H,51,56)(H,52,55)(H,53,57);7-9,11-12,14-25,27H,10,13,26,28H2,1-6H3,(H,44,47)(H,45,49)(H,46,50);8,11-12,14-19,21H,7,9-10,13,20,22H2,1-6H3/b12-8+,26-17+,34-11+,35-29+;12-9+,25-16+,29-11+,30-27+;12-8+,19-14+,23-11+,24-21+. The maximum atomic E-state index is 13.1. The highest BCUT2D eigenvalue weighted by molar-refractivity contribution is 6.08. The second kappa shape index (κ2) is 58.0. The summed E-state index contributed by atoms with van der Waals surface area (Å²) in [5.41, 5.74) is 21.5. The third-order valence-corrected chi connectivity index (χ3v) is 24.4. The van der Waals surface area contributed by atoms with Gasteiger partial charge in [-0.15, -0.1) is 0 Å². The van der Waals surface area contributed by atoms with Gasteiger partial charge in [0.15, 0.2) is 0 Å². The molecule has 0 saturated heterocycles. The molecule has 0 radical (unpaired) electrons. The number of carbonyl (C=O) groups is 10. The number of allylic oxidation sites excluding steroid dienone is 27. The summed E-state index contributed by atoms with van der Waals surface area (Å²) < 4.78 is 37.5. The van der Waals surface area contributed by atoms with Crippen LogP contribution in [0.3, 0.4) is 0 Å². The third-order valence-electron chi connectivity index (χ3n) is 24.4. The Labute approximate surface area is 865 Å². The zero-order valence-corrected chi connectivity index (χ0v) is 87.6. The molecule has 1 heterocycles. The molecule has 0 unspecified atom stereocenters. The first-order valence-electron chi connectivity index (χ1n) is 49.5. The number of amides is 6. The lowest BCUT2D eigenvalue weighted by Crippen LogP contribution is -2.23. The minimum Gasteiger partial charge on any atom is -0.461 e. The maximum Gasteiger partial charge on any atom is 0.412 e. The summed E-state index contributed by atoms with van der Waals surface area (Å²) in [6, 6.07) is 50.5. The van der Waals surface area contributed by atoms with Crippen LogP contribution in [0.5, 0.6) is 17.2 Å². The Morgan fingerprint density at radius 1 is 0.354 bits per heavy atom. The van der Waals surface area contributed by atoms with E-state index < -0.39 is 48.0 Å². The number of carbonyl (C=O) groups excluding carboxylic acids is 10. The predicted octanol–water partition coefficient (Wildman–Crippen LogP) is 29.0. The molecule has 24 nitrogen and oxygen atoms in total. The van der Waals surface area contributed by atoms with E-state index in [4.69, 9.17) is 33.2 Å². The summed E-state index contributed by atoms with van der Waals surface area (Å²) in [4.78, 5) is 127. The summed E-state index contributed by atoms with van der Waals surface area (Å²) in [7, 11) is 0. The third kappa shape index (κ3) is 40.9. The molecule has 0 fully saturated rings. The number of hydrogen-bond acceptors (Lipinski definition) is 18. The van der Waals surface area contributed by atoms with Gasteiger partial charge in [0, 0.05) is 72.9 Å². The van der Waals surface area contributed by atoms with Crippen LogP contribution in [0, 0.1) is 16.2 Å². The van der Waals surface area contributed by atoms with Crippen LogP contribution >= 0.6 is 0 Å². The van der Waals surface area contributed by atoms with Crippen molar-refractivity contribution >= 4 is 88.3 Å². The molecule has 0 aliphatic heterocycles. The molecule has 6 amide bonds. The SMILES string of the molecule is CC(=O)Nc1ccc(C(=O)Nc2ccccc2NC(=O)OCc2ccc(OC(=O)/C=C(C)/C=C/C=C(C)/C=C/C3=C(C)CCCC3(C)C)cc2)cc1.CC1=C(/C=C/C(C)=C/C=C/C(C)=C/C(=O)Oc2ccc(COC(=O)Nc3ccccc3NC(=O)c3ccc(CNC(=O)OCc4cccnc4)cc3)cc2)C(C)(C)CCC1.CCCC(=O)OCc1ccc(OC(=O)/C=C(C)/C=C/C=C(C)/C=C/C2=C(C)CCCC2(C)C)cc1. The molecule has 3 aliphatic carbocycles. The van der Waals surface area contributed by atoms with Gasteiger partial charge in [-0.05, 0) is 302 Å². The smallest absolute Gasteiger partial charge is 0.412 e. The van der Waals surface area contributed by atoms with E-state index >= 15 is 0 Å². The lowest BCUT2D eigenvalue weighted by Gasteiger charge is -2.33. The average molecular weight is 1990 g/mol. The first-order chi connectivity index (χ1) is 70.2. The highest BCUT2D eigenvalue weighted by Crippen LogP contribution is 2.44. The van der Waals surface area contributed by atoms with E-state index in [0.717, 1.165) is 69.4 Å². The van der Waals surface area contributed by atoms with Crippen molar-refractivity contribution in [3.8, 4) is 17.2 Å². The number of para-hydroxylation sites is 4. The van der Waals surface area contributed by atoms with Crippen LogP contribution in [0.1, 0.15) is 237 Å². The van der Waals surface area contributed by atoms with Gasteiger partial charge in [-0.25, -0.2) is 28.8 Å². The van der Waals surface area contributed by atoms with Gasteiger partial charge in [0.1, 0.15) is 43.7 Å². The van der Waals surface area contributed by atoms with E-state index in [1.807, 2.05) is 88.4 Å². The van der Waals surface area contributed by atoms with Gasteiger partial charge in [0.05, 0.1) is 22.7 Å². The van der Waals surface area contributed by atoms with Crippen LogP contribution in [0.4, 0.5) is 42.8 Å². The highest BCUT2D eigenvalue weighted by Gasteiger charge is 2.30. The number of rotatable bonds is 37. The lowest BCUT2D eigenvalue weighted by atomic mass is 9.72. The Kier molecular flexibility index (Phi) is 45.2. The Morgan fingerprint density at radius 2 is 0.687 bits per heavy atom. The van der Waals surface area contributed by atoms with Crippen molar-refractivity contribution in [1.82, 2.24) is 10.3 Å². The van der Waals surface area contributed by atoms with Crippen LogP contribution in [0.2, 0.25) is 0 Å². The molecule has 24 heteroatoms. The molecule has 0 bridgehead atoms. The molecule has 11 rings (SSSR count). The summed E-state index contributed by atoms with van der Waals surface area (Å²) >= 11 is 0. The fourth-order valence-corrected chi connectivity index (χ4v) is 16.4. The van der Waals surface area contributed by atoms with Gasteiger partial charge in [0.25, 0.3) is 11.8 Å². The highest BCUT2D eigenvalue weighted by atomic mass is 16.6. The maximum absolute atomic E-state index is 13.1. The van der Waals surface area contributed by atoms with Gasteiger partial charge >= 0.3 is 42.2 Å². The minimum absolute atomic E-state index is 0.0316.